The number of rotatable bonds is 7. The highest BCUT2D eigenvalue weighted by atomic mass is 16.4. The summed E-state index contributed by atoms with van der Waals surface area (Å²) in [5.74, 6) is -0.0856. The van der Waals surface area contributed by atoms with Gasteiger partial charge in [0.2, 0.25) is 0 Å². The molecule has 1 heterocycles. The number of carboxylic acids is 1. The first kappa shape index (κ1) is 15.0. The molecule has 19 heavy (non-hydrogen) atoms. The summed E-state index contributed by atoms with van der Waals surface area (Å²) < 4.78 is 0. The summed E-state index contributed by atoms with van der Waals surface area (Å²) in [4.78, 5) is 14.7. The maximum Gasteiger partial charge on any atom is 0.303 e. The van der Waals surface area contributed by atoms with Crippen molar-refractivity contribution in [3.05, 3.63) is 23.9 Å². The van der Waals surface area contributed by atoms with Gasteiger partial charge in [0.25, 0.3) is 0 Å². The predicted molar refractivity (Wildman–Crippen MR) is 72.7 cm³/mol. The van der Waals surface area contributed by atoms with Crippen LogP contribution in [0.5, 0.6) is 0 Å². The molecule has 0 bridgehead atoms. The van der Waals surface area contributed by atoms with E-state index in [1.807, 2.05) is 0 Å². The number of nitriles is 1. The molecule has 0 aromatic carbocycles. The van der Waals surface area contributed by atoms with Crippen LogP contribution in [0.4, 0.5) is 5.82 Å². The number of anilines is 1. The van der Waals surface area contributed by atoms with E-state index in [-0.39, 0.29) is 11.8 Å². The Bertz CT molecular complexity index is 478. The normalized spacial score (nSPS) is 10.8. The SMILES string of the molecule is CC(C)(CCNc1cc(C#N)ccn1)CCC(=O)O. The fourth-order valence-corrected chi connectivity index (χ4v) is 1.70. The van der Waals surface area contributed by atoms with Crippen molar-refractivity contribution in [1.82, 2.24) is 4.98 Å². The molecule has 5 heteroatoms. The van der Waals surface area contributed by atoms with E-state index >= 15 is 0 Å². The summed E-state index contributed by atoms with van der Waals surface area (Å²) in [7, 11) is 0. The van der Waals surface area contributed by atoms with Crippen molar-refractivity contribution < 1.29 is 9.90 Å². The van der Waals surface area contributed by atoms with Gasteiger partial charge in [-0.05, 0) is 30.4 Å². The Balaban J connectivity index is 2.40. The van der Waals surface area contributed by atoms with Gasteiger partial charge in [-0.2, -0.15) is 5.26 Å². The lowest BCUT2D eigenvalue weighted by Crippen LogP contribution is -2.18. The zero-order valence-electron chi connectivity index (χ0n) is 11.3. The summed E-state index contributed by atoms with van der Waals surface area (Å²) in [6, 6.07) is 5.41. The van der Waals surface area contributed by atoms with Gasteiger partial charge < -0.3 is 10.4 Å². The van der Waals surface area contributed by atoms with Crippen LogP contribution in [0.2, 0.25) is 0 Å². The summed E-state index contributed by atoms with van der Waals surface area (Å²) in [6.07, 6.45) is 3.28. The number of carbonyl (C=O) groups is 1. The summed E-state index contributed by atoms with van der Waals surface area (Å²) in [5, 5.41) is 20.6. The lowest BCUT2D eigenvalue weighted by molar-refractivity contribution is -0.137. The van der Waals surface area contributed by atoms with Gasteiger partial charge in [0.1, 0.15) is 5.82 Å². The van der Waals surface area contributed by atoms with Crippen LogP contribution in [0.25, 0.3) is 0 Å². The number of aliphatic carboxylic acids is 1. The number of pyridine rings is 1. The van der Waals surface area contributed by atoms with Crippen molar-refractivity contribution in [3.8, 4) is 6.07 Å². The first-order valence-electron chi connectivity index (χ1n) is 6.25. The second kappa shape index (κ2) is 6.74. The van der Waals surface area contributed by atoms with Crippen LogP contribution in [0, 0.1) is 16.7 Å². The van der Waals surface area contributed by atoms with E-state index in [0.717, 1.165) is 6.42 Å². The third-order valence-electron chi connectivity index (χ3n) is 3.01. The quantitative estimate of drug-likeness (QED) is 0.788. The van der Waals surface area contributed by atoms with Crippen LogP contribution in [-0.2, 0) is 4.79 Å². The highest BCUT2D eigenvalue weighted by molar-refractivity contribution is 5.66. The van der Waals surface area contributed by atoms with Crippen LogP contribution >= 0.6 is 0 Å². The Labute approximate surface area is 113 Å². The lowest BCUT2D eigenvalue weighted by atomic mass is 9.84. The van der Waals surface area contributed by atoms with E-state index in [1.165, 1.54) is 0 Å². The van der Waals surface area contributed by atoms with Gasteiger partial charge in [0.05, 0.1) is 11.6 Å². The maximum absolute atomic E-state index is 10.6. The second-order valence-corrected chi connectivity index (χ2v) is 5.28. The van der Waals surface area contributed by atoms with E-state index in [2.05, 4.69) is 30.2 Å². The summed E-state index contributed by atoms with van der Waals surface area (Å²) in [6.45, 7) is 4.81. The lowest BCUT2D eigenvalue weighted by Gasteiger charge is -2.23. The monoisotopic (exact) mass is 261 g/mol. The molecule has 0 fully saturated rings. The maximum atomic E-state index is 10.6. The molecule has 0 radical (unpaired) electrons. The standard InChI is InChI=1S/C14H19N3O2/c1-14(2,5-3-13(18)19)6-8-17-12-9-11(10-15)4-7-16-12/h4,7,9H,3,5-6,8H2,1-2H3,(H,16,17)(H,18,19). The van der Waals surface area contributed by atoms with Gasteiger partial charge in [-0.1, -0.05) is 13.8 Å². The molecule has 1 aromatic heterocycles. The zero-order chi connectivity index (χ0) is 14.3. The number of hydrogen-bond acceptors (Lipinski definition) is 4. The van der Waals surface area contributed by atoms with Crippen molar-refractivity contribution in [2.75, 3.05) is 11.9 Å². The molecule has 102 valence electrons. The Hall–Kier alpha value is -2.09. The van der Waals surface area contributed by atoms with Gasteiger partial charge in [-0.15, -0.1) is 0 Å². The zero-order valence-corrected chi connectivity index (χ0v) is 11.3. The molecule has 0 unspecified atom stereocenters. The van der Waals surface area contributed by atoms with Crippen LogP contribution in [0.3, 0.4) is 0 Å². The van der Waals surface area contributed by atoms with Crippen molar-refractivity contribution in [2.45, 2.75) is 33.1 Å². The van der Waals surface area contributed by atoms with Gasteiger partial charge in [-0.3, -0.25) is 4.79 Å². The minimum Gasteiger partial charge on any atom is -0.481 e. The average molecular weight is 261 g/mol. The predicted octanol–water partition coefficient (Wildman–Crippen LogP) is 2.65. The van der Waals surface area contributed by atoms with E-state index in [4.69, 9.17) is 10.4 Å². The largest absolute Gasteiger partial charge is 0.481 e. The number of carboxylic acid groups (broad SMARTS) is 1. The molecular weight excluding hydrogens is 242 g/mol. The molecule has 0 aliphatic heterocycles. The van der Waals surface area contributed by atoms with Gasteiger partial charge in [0, 0.05) is 19.2 Å². The summed E-state index contributed by atoms with van der Waals surface area (Å²) in [5.41, 5.74) is 0.542. The van der Waals surface area contributed by atoms with Crippen molar-refractivity contribution >= 4 is 11.8 Å². The molecule has 1 aromatic rings. The Kier molecular flexibility index (Phi) is 5.31. The van der Waals surface area contributed by atoms with Crippen LogP contribution in [-0.4, -0.2) is 22.6 Å². The van der Waals surface area contributed by atoms with Crippen molar-refractivity contribution in [2.24, 2.45) is 5.41 Å². The number of nitrogens with one attached hydrogen (secondary N) is 1. The molecule has 2 N–H and O–H groups in total. The number of aromatic nitrogens is 1. The Morgan fingerprint density at radius 3 is 2.89 bits per heavy atom. The van der Waals surface area contributed by atoms with Gasteiger partial charge in [-0.25, -0.2) is 4.98 Å². The Morgan fingerprint density at radius 2 is 2.26 bits per heavy atom. The van der Waals surface area contributed by atoms with Crippen molar-refractivity contribution in [3.63, 3.8) is 0 Å². The topological polar surface area (TPSA) is 86.0 Å². The van der Waals surface area contributed by atoms with Gasteiger partial charge >= 0.3 is 5.97 Å². The minimum absolute atomic E-state index is 0.0295. The van der Waals surface area contributed by atoms with Crippen LogP contribution in [0.15, 0.2) is 18.3 Å². The third kappa shape index (κ3) is 5.87. The molecule has 0 saturated carbocycles. The average Bonchev–Trinajstić information content (AvgIpc) is 2.37. The number of nitrogens with zero attached hydrogens (tertiary/aromatic N) is 2. The fraction of sp³-hybridized carbons (Fsp3) is 0.500. The van der Waals surface area contributed by atoms with E-state index in [0.29, 0.717) is 24.3 Å². The second-order valence-electron chi connectivity index (χ2n) is 5.28. The minimum atomic E-state index is -0.760. The highest BCUT2D eigenvalue weighted by Gasteiger charge is 2.18. The first-order valence-corrected chi connectivity index (χ1v) is 6.25. The van der Waals surface area contributed by atoms with Crippen LogP contribution in [0.1, 0.15) is 38.7 Å². The molecule has 0 spiro atoms. The van der Waals surface area contributed by atoms with E-state index in [1.54, 1.807) is 18.3 Å². The highest BCUT2D eigenvalue weighted by Crippen LogP contribution is 2.26. The first-order chi connectivity index (χ1) is 8.93. The molecule has 5 nitrogen and oxygen atoms in total. The molecule has 1 rings (SSSR count). The Morgan fingerprint density at radius 1 is 1.53 bits per heavy atom. The van der Waals surface area contributed by atoms with E-state index in [9.17, 15) is 4.79 Å². The molecule has 0 aliphatic carbocycles. The summed E-state index contributed by atoms with van der Waals surface area (Å²) >= 11 is 0. The smallest absolute Gasteiger partial charge is 0.303 e. The molecule has 0 aliphatic rings. The van der Waals surface area contributed by atoms with Crippen molar-refractivity contribution in [1.29, 1.82) is 5.26 Å². The molecule has 0 saturated heterocycles. The molecule has 0 amide bonds. The van der Waals surface area contributed by atoms with Crippen LogP contribution < -0.4 is 5.32 Å². The molecule has 0 atom stereocenters. The van der Waals surface area contributed by atoms with E-state index < -0.39 is 5.97 Å². The van der Waals surface area contributed by atoms with Gasteiger partial charge in [0.15, 0.2) is 0 Å². The molecular formula is C14H19N3O2. The fourth-order valence-electron chi connectivity index (χ4n) is 1.70. The number of hydrogen-bond donors (Lipinski definition) is 2. The third-order valence-corrected chi connectivity index (χ3v) is 3.01.